The Balaban J connectivity index is 1.42. The topological polar surface area (TPSA) is 60.5 Å². The van der Waals surface area contributed by atoms with Crippen LogP contribution in [0.1, 0.15) is 42.6 Å². The molecule has 180 valence electrons. The molecule has 3 aromatic carbocycles. The summed E-state index contributed by atoms with van der Waals surface area (Å²) in [7, 11) is 0. The third-order valence-corrected chi connectivity index (χ3v) is 6.35. The van der Waals surface area contributed by atoms with Gasteiger partial charge in [-0.15, -0.1) is 11.3 Å². The molecule has 0 saturated heterocycles. The highest BCUT2D eigenvalue weighted by Crippen LogP contribution is 2.30. The minimum absolute atomic E-state index is 0.155. The summed E-state index contributed by atoms with van der Waals surface area (Å²) in [5, 5.41) is 6.04. The summed E-state index contributed by atoms with van der Waals surface area (Å²) >= 11 is 1.62. The van der Waals surface area contributed by atoms with E-state index >= 15 is 0 Å². The van der Waals surface area contributed by atoms with E-state index < -0.39 is 0 Å². The summed E-state index contributed by atoms with van der Waals surface area (Å²) in [6, 6.07) is 23.6. The van der Waals surface area contributed by atoms with E-state index in [0.29, 0.717) is 36.8 Å². The maximum Gasteiger partial charge on any atom is 0.251 e. The number of nitrogens with one attached hydrogen (secondary N) is 1. The Morgan fingerprint density at radius 1 is 0.914 bits per heavy atom. The summed E-state index contributed by atoms with van der Waals surface area (Å²) in [4.78, 5) is 17.6. The number of benzene rings is 3. The fourth-order valence-electron chi connectivity index (χ4n) is 3.61. The number of aromatic nitrogens is 1. The van der Waals surface area contributed by atoms with Gasteiger partial charge in [-0.05, 0) is 43.2 Å². The molecule has 0 aliphatic rings. The van der Waals surface area contributed by atoms with Crippen LogP contribution in [-0.2, 0) is 6.54 Å². The van der Waals surface area contributed by atoms with Crippen LogP contribution in [0.2, 0.25) is 0 Å². The van der Waals surface area contributed by atoms with Crippen molar-refractivity contribution in [2.45, 2.75) is 33.2 Å². The second-order valence-corrected chi connectivity index (χ2v) is 8.94. The first kappa shape index (κ1) is 24.5. The molecule has 1 N–H and O–H groups in total. The number of hydrogen-bond donors (Lipinski definition) is 1. The maximum absolute atomic E-state index is 12.8. The van der Waals surface area contributed by atoms with Crippen molar-refractivity contribution in [2.24, 2.45) is 0 Å². The Morgan fingerprint density at radius 3 is 2.54 bits per heavy atom. The van der Waals surface area contributed by atoms with E-state index in [1.165, 1.54) is 0 Å². The monoisotopic (exact) mass is 486 g/mol. The van der Waals surface area contributed by atoms with Crippen molar-refractivity contribution < 1.29 is 14.3 Å². The van der Waals surface area contributed by atoms with Crippen molar-refractivity contribution in [3.8, 4) is 33.3 Å². The molecule has 1 heterocycles. The molecule has 0 bridgehead atoms. The summed E-state index contributed by atoms with van der Waals surface area (Å²) < 4.78 is 11.5. The highest BCUT2D eigenvalue weighted by atomic mass is 32.1. The molecule has 0 unspecified atom stereocenters. The van der Waals surface area contributed by atoms with E-state index in [1.54, 1.807) is 23.5 Å². The zero-order valence-electron chi connectivity index (χ0n) is 20.1. The van der Waals surface area contributed by atoms with Gasteiger partial charge in [0, 0.05) is 28.6 Å². The van der Waals surface area contributed by atoms with Gasteiger partial charge in [0.25, 0.3) is 5.91 Å². The molecule has 0 aliphatic heterocycles. The van der Waals surface area contributed by atoms with Gasteiger partial charge in [0.05, 0.1) is 18.9 Å². The third-order valence-electron chi connectivity index (χ3n) is 5.46. The number of carbonyl (C=O) groups is 1. The maximum atomic E-state index is 12.8. The van der Waals surface area contributed by atoms with Gasteiger partial charge in [-0.3, -0.25) is 4.79 Å². The summed E-state index contributed by atoms with van der Waals surface area (Å²) in [6.07, 6.45) is 2.03. The van der Waals surface area contributed by atoms with E-state index in [-0.39, 0.29) is 5.91 Å². The number of nitrogens with zero attached hydrogens (tertiary/aromatic N) is 1. The average molecular weight is 487 g/mol. The van der Waals surface area contributed by atoms with Crippen LogP contribution in [-0.4, -0.2) is 24.1 Å². The molecule has 1 amide bonds. The smallest absolute Gasteiger partial charge is 0.251 e. The SMILES string of the molecule is CCCCOc1ccc(C(=O)NCc2cccc(-c3nc(-c4ccccc4)cs3)c2)cc1OCC. The fraction of sp³-hybridized carbons (Fsp3) is 0.241. The van der Waals surface area contributed by atoms with Crippen LogP contribution in [0.5, 0.6) is 11.5 Å². The molecule has 4 aromatic rings. The van der Waals surface area contributed by atoms with Gasteiger partial charge in [0.1, 0.15) is 5.01 Å². The summed E-state index contributed by atoms with van der Waals surface area (Å²) in [6.45, 7) is 5.59. The molecule has 0 fully saturated rings. The lowest BCUT2D eigenvalue weighted by Gasteiger charge is -2.13. The molecule has 0 radical (unpaired) electrons. The van der Waals surface area contributed by atoms with Crippen molar-refractivity contribution in [1.29, 1.82) is 0 Å². The summed E-state index contributed by atoms with van der Waals surface area (Å²) in [5.41, 5.74) is 4.66. The summed E-state index contributed by atoms with van der Waals surface area (Å²) in [5.74, 6) is 1.11. The van der Waals surface area contributed by atoms with Crippen molar-refractivity contribution in [1.82, 2.24) is 10.3 Å². The van der Waals surface area contributed by atoms with Gasteiger partial charge in [0.15, 0.2) is 11.5 Å². The largest absolute Gasteiger partial charge is 0.490 e. The van der Waals surface area contributed by atoms with Crippen LogP contribution in [0.15, 0.2) is 78.2 Å². The van der Waals surface area contributed by atoms with E-state index in [4.69, 9.17) is 14.5 Å². The van der Waals surface area contributed by atoms with Crippen molar-refractivity contribution >= 4 is 17.2 Å². The predicted molar refractivity (Wildman–Crippen MR) is 142 cm³/mol. The average Bonchev–Trinajstić information content (AvgIpc) is 3.40. The molecule has 1 aromatic heterocycles. The van der Waals surface area contributed by atoms with Crippen LogP contribution in [0.25, 0.3) is 21.8 Å². The molecule has 0 saturated carbocycles. The molecule has 0 spiro atoms. The number of rotatable bonds is 11. The first-order chi connectivity index (χ1) is 17.2. The van der Waals surface area contributed by atoms with E-state index in [2.05, 4.69) is 35.8 Å². The number of amides is 1. The lowest BCUT2D eigenvalue weighted by Crippen LogP contribution is -2.22. The quantitative estimate of drug-likeness (QED) is 0.232. The second-order valence-electron chi connectivity index (χ2n) is 8.08. The Labute approximate surface area is 210 Å². The first-order valence-electron chi connectivity index (χ1n) is 12.0. The zero-order valence-corrected chi connectivity index (χ0v) is 20.9. The lowest BCUT2D eigenvalue weighted by molar-refractivity contribution is 0.0950. The molecule has 5 nitrogen and oxygen atoms in total. The van der Waals surface area contributed by atoms with Gasteiger partial charge >= 0.3 is 0 Å². The molecule has 0 atom stereocenters. The van der Waals surface area contributed by atoms with Crippen LogP contribution < -0.4 is 14.8 Å². The molecule has 6 heteroatoms. The number of hydrogen-bond acceptors (Lipinski definition) is 5. The first-order valence-corrected chi connectivity index (χ1v) is 12.8. The van der Waals surface area contributed by atoms with Crippen molar-refractivity contribution in [3.63, 3.8) is 0 Å². The van der Waals surface area contributed by atoms with Crippen LogP contribution in [0.4, 0.5) is 0 Å². The van der Waals surface area contributed by atoms with Crippen LogP contribution in [0.3, 0.4) is 0 Å². The third kappa shape index (κ3) is 6.49. The highest BCUT2D eigenvalue weighted by molar-refractivity contribution is 7.13. The molecular formula is C29H30N2O3S. The van der Waals surface area contributed by atoms with Gasteiger partial charge in [-0.2, -0.15) is 0 Å². The minimum atomic E-state index is -0.155. The van der Waals surface area contributed by atoms with Gasteiger partial charge in [-0.1, -0.05) is 61.9 Å². The van der Waals surface area contributed by atoms with Crippen LogP contribution >= 0.6 is 11.3 Å². The van der Waals surface area contributed by atoms with E-state index in [0.717, 1.165) is 40.2 Å². The van der Waals surface area contributed by atoms with Crippen LogP contribution in [0, 0.1) is 0 Å². The van der Waals surface area contributed by atoms with Gasteiger partial charge in [0.2, 0.25) is 0 Å². The van der Waals surface area contributed by atoms with Crippen molar-refractivity contribution in [2.75, 3.05) is 13.2 Å². The molecule has 35 heavy (non-hydrogen) atoms. The molecule has 4 rings (SSSR count). The Morgan fingerprint density at radius 2 is 1.74 bits per heavy atom. The standard InChI is InChI=1S/C29H30N2O3S/c1-3-5-16-34-26-15-14-23(18-27(26)33-4-2)28(32)30-19-21-10-9-13-24(17-21)29-31-25(20-35-29)22-11-7-6-8-12-22/h6-15,17-18,20H,3-5,16,19H2,1-2H3,(H,30,32). The predicted octanol–water partition coefficient (Wildman–Crippen LogP) is 6.98. The zero-order chi connectivity index (χ0) is 24.5. The normalized spacial score (nSPS) is 10.7. The molecule has 0 aliphatic carbocycles. The fourth-order valence-corrected chi connectivity index (χ4v) is 4.44. The van der Waals surface area contributed by atoms with Gasteiger partial charge < -0.3 is 14.8 Å². The Bertz CT molecular complexity index is 1250. The van der Waals surface area contributed by atoms with Gasteiger partial charge in [-0.25, -0.2) is 4.98 Å². The minimum Gasteiger partial charge on any atom is -0.490 e. The molecular weight excluding hydrogens is 456 g/mol. The second kappa shape index (κ2) is 12.2. The number of unbranched alkanes of at least 4 members (excludes halogenated alkanes) is 1. The van der Waals surface area contributed by atoms with Crippen molar-refractivity contribution in [3.05, 3.63) is 89.3 Å². The number of ether oxygens (including phenoxy) is 2. The highest BCUT2D eigenvalue weighted by Gasteiger charge is 2.12. The number of thiazole rings is 1. The number of carbonyl (C=O) groups excluding carboxylic acids is 1. The Kier molecular flexibility index (Phi) is 8.52. The lowest BCUT2D eigenvalue weighted by atomic mass is 10.1. The van der Waals surface area contributed by atoms with E-state index in [1.807, 2.05) is 49.4 Å². The Hall–Kier alpha value is -3.64. The van der Waals surface area contributed by atoms with E-state index in [9.17, 15) is 4.79 Å².